The van der Waals surface area contributed by atoms with Gasteiger partial charge in [0.05, 0.1) is 0 Å². The first-order valence-corrected chi connectivity index (χ1v) is 7.63. The van der Waals surface area contributed by atoms with E-state index in [1.54, 1.807) is 0 Å². The summed E-state index contributed by atoms with van der Waals surface area (Å²) in [4.78, 5) is 11.9. The molecule has 6 nitrogen and oxygen atoms in total. The van der Waals surface area contributed by atoms with Crippen molar-refractivity contribution in [2.75, 3.05) is 40.8 Å². The number of hydrogen-bond donors (Lipinski definition) is 5. The average Bonchev–Trinajstić information content (AvgIpc) is 2.47. The maximum Gasteiger partial charge on any atom is 0.221 e. The van der Waals surface area contributed by atoms with Crippen molar-refractivity contribution in [1.29, 1.82) is 0 Å². The first-order chi connectivity index (χ1) is 9.67. The fraction of sp³-hybridized carbons (Fsp3) is 0.929. The molecule has 0 saturated carbocycles. The molecule has 0 aromatic carbocycles. The van der Waals surface area contributed by atoms with Crippen molar-refractivity contribution in [2.24, 2.45) is 5.73 Å². The number of carbonyl (C=O) groups excluding carboxylic acids is 1. The Labute approximate surface area is 123 Å². The maximum absolute atomic E-state index is 11.9. The van der Waals surface area contributed by atoms with Crippen molar-refractivity contribution >= 4 is 5.91 Å². The number of rotatable bonds is 13. The van der Waals surface area contributed by atoms with Crippen LogP contribution in [0, 0.1) is 0 Å². The van der Waals surface area contributed by atoms with Gasteiger partial charge >= 0.3 is 0 Å². The summed E-state index contributed by atoms with van der Waals surface area (Å²) in [7, 11) is 5.78. The van der Waals surface area contributed by atoms with Crippen molar-refractivity contribution in [2.45, 2.75) is 44.2 Å². The topological polar surface area (TPSA) is 91.2 Å². The van der Waals surface area contributed by atoms with Gasteiger partial charge in [0.25, 0.3) is 0 Å². The van der Waals surface area contributed by atoms with Crippen molar-refractivity contribution < 1.29 is 4.79 Å². The summed E-state index contributed by atoms with van der Waals surface area (Å²) in [5.74, 6) is 0.107. The lowest BCUT2D eigenvalue weighted by molar-refractivity contribution is -0.121. The minimum atomic E-state index is 0.107. The van der Waals surface area contributed by atoms with Crippen molar-refractivity contribution in [1.82, 2.24) is 21.3 Å². The molecule has 0 saturated heterocycles. The number of nitrogens with one attached hydrogen (secondary N) is 4. The molecule has 0 aromatic rings. The molecule has 1 amide bonds. The third kappa shape index (κ3) is 10.1. The average molecular weight is 287 g/mol. The minimum absolute atomic E-state index is 0.107. The van der Waals surface area contributed by atoms with Crippen LogP contribution in [0.1, 0.15) is 32.1 Å². The van der Waals surface area contributed by atoms with E-state index in [9.17, 15) is 4.79 Å². The second kappa shape index (κ2) is 13.3. The Morgan fingerprint density at radius 2 is 1.70 bits per heavy atom. The molecule has 0 aliphatic rings. The monoisotopic (exact) mass is 287 g/mol. The third-order valence-corrected chi connectivity index (χ3v) is 3.53. The molecule has 0 bridgehead atoms. The number of hydrogen-bond acceptors (Lipinski definition) is 5. The van der Waals surface area contributed by atoms with Gasteiger partial charge in [0, 0.05) is 25.0 Å². The van der Waals surface area contributed by atoms with Crippen LogP contribution >= 0.6 is 0 Å². The first kappa shape index (κ1) is 19.3. The lowest BCUT2D eigenvalue weighted by Crippen LogP contribution is -2.41. The molecule has 0 radical (unpaired) electrons. The predicted molar refractivity (Wildman–Crippen MR) is 84.8 cm³/mol. The van der Waals surface area contributed by atoms with Gasteiger partial charge in [0.15, 0.2) is 0 Å². The van der Waals surface area contributed by atoms with Gasteiger partial charge in [-0.1, -0.05) is 0 Å². The summed E-state index contributed by atoms with van der Waals surface area (Å²) < 4.78 is 0. The van der Waals surface area contributed by atoms with Gasteiger partial charge < -0.3 is 27.0 Å². The fourth-order valence-electron chi connectivity index (χ4n) is 2.12. The lowest BCUT2D eigenvalue weighted by Gasteiger charge is -2.19. The summed E-state index contributed by atoms with van der Waals surface area (Å²) in [6.07, 6.45) is 4.57. The SMILES string of the molecule is CNCCC[C@@H](CNC(=O)C[C@H](CCCN)NC)NC. The molecule has 0 aromatic heterocycles. The van der Waals surface area contributed by atoms with Crippen LogP contribution in [0.4, 0.5) is 0 Å². The number of carbonyl (C=O) groups is 1. The van der Waals surface area contributed by atoms with Gasteiger partial charge in [-0.25, -0.2) is 0 Å². The van der Waals surface area contributed by atoms with Crippen LogP contribution in [0.3, 0.4) is 0 Å². The van der Waals surface area contributed by atoms with E-state index in [4.69, 9.17) is 5.73 Å². The van der Waals surface area contributed by atoms with E-state index in [1.807, 2.05) is 21.1 Å². The summed E-state index contributed by atoms with van der Waals surface area (Å²) in [6.45, 7) is 2.37. The predicted octanol–water partition coefficient (Wildman–Crippen LogP) is -0.593. The Hall–Kier alpha value is -0.690. The van der Waals surface area contributed by atoms with E-state index in [-0.39, 0.29) is 11.9 Å². The van der Waals surface area contributed by atoms with Crippen molar-refractivity contribution in [3.05, 3.63) is 0 Å². The fourth-order valence-corrected chi connectivity index (χ4v) is 2.12. The Kier molecular flexibility index (Phi) is 12.8. The van der Waals surface area contributed by atoms with Gasteiger partial charge in [-0.3, -0.25) is 4.79 Å². The lowest BCUT2D eigenvalue weighted by atomic mass is 10.1. The molecule has 0 aliphatic heterocycles. The minimum Gasteiger partial charge on any atom is -0.354 e. The highest BCUT2D eigenvalue weighted by Gasteiger charge is 2.13. The molecule has 0 rings (SSSR count). The normalized spacial score (nSPS) is 14.0. The summed E-state index contributed by atoms with van der Waals surface area (Å²) in [6, 6.07) is 0.556. The highest BCUT2D eigenvalue weighted by molar-refractivity contribution is 5.76. The van der Waals surface area contributed by atoms with Crippen molar-refractivity contribution in [3.63, 3.8) is 0 Å². The van der Waals surface area contributed by atoms with Crippen LogP contribution in [-0.4, -0.2) is 58.8 Å². The zero-order chi connectivity index (χ0) is 15.2. The highest BCUT2D eigenvalue weighted by atomic mass is 16.1. The van der Waals surface area contributed by atoms with Gasteiger partial charge in [-0.2, -0.15) is 0 Å². The Morgan fingerprint density at radius 1 is 1.05 bits per heavy atom. The zero-order valence-corrected chi connectivity index (χ0v) is 13.3. The van der Waals surface area contributed by atoms with E-state index in [1.165, 1.54) is 0 Å². The van der Waals surface area contributed by atoms with Gasteiger partial charge in [0.2, 0.25) is 5.91 Å². The zero-order valence-electron chi connectivity index (χ0n) is 13.3. The van der Waals surface area contributed by atoms with E-state index < -0.39 is 0 Å². The van der Waals surface area contributed by atoms with Crippen LogP contribution in [0.5, 0.6) is 0 Å². The van der Waals surface area contributed by atoms with Crippen LogP contribution < -0.4 is 27.0 Å². The molecule has 0 aliphatic carbocycles. The molecule has 6 N–H and O–H groups in total. The van der Waals surface area contributed by atoms with Crippen LogP contribution in [0.25, 0.3) is 0 Å². The third-order valence-electron chi connectivity index (χ3n) is 3.53. The molecular formula is C14H33N5O. The molecule has 0 heterocycles. The Morgan fingerprint density at radius 3 is 2.25 bits per heavy atom. The largest absolute Gasteiger partial charge is 0.354 e. The van der Waals surface area contributed by atoms with Crippen LogP contribution in [0.15, 0.2) is 0 Å². The molecule has 6 heteroatoms. The van der Waals surface area contributed by atoms with E-state index in [0.717, 1.165) is 32.2 Å². The number of nitrogens with two attached hydrogens (primary N) is 1. The molecule has 0 fully saturated rings. The van der Waals surface area contributed by atoms with Gasteiger partial charge in [-0.15, -0.1) is 0 Å². The van der Waals surface area contributed by atoms with Gasteiger partial charge in [0.1, 0.15) is 0 Å². The summed E-state index contributed by atoms with van der Waals surface area (Å²) in [5, 5.41) is 12.6. The quantitative estimate of drug-likeness (QED) is 0.292. The Balaban J connectivity index is 3.87. The molecule has 120 valence electrons. The maximum atomic E-state index is 11.9. The highest BCUT2D eigenvalue weighted by Crippen LogP contribution is 2.01. The summed E-state index contributed by atoms with van der Waals surface area (Å²) >= 11 is 0. The van der Waals surface area contributed by atoms with E-state index in [2.05, 4.69) is 21.3 Å². The van der Waals surface area contributed by atoms with Crippen molar-refractivity contribution in [3.8, 4) is 0 Å². The standard InChI is InChI=1S/C14H33N5O/c1-16-9-5-7-13(18-3)11-19-14(20)10-12(17-2)6-4-8-15/h12-13,16-18H,4-11,15H2,1-3H3,(H,19,20)/t12-,13-/m0/s1. The Bertz CT molecular complexity index is 238. The molecular weight excluding hydrogens is 254 g/mol. The van der Waals surface area contributed by atoms with Crippen LogP contribution in [-0.2, 0) is 4.79 Å². The second-order valence-corrected chi connectivity index (χ2v) is 5.16. The van der Waals surface area contributed by atoms with E-state index in [0.29, 0.717) is 25.6 Å². The summed E-state index contributed by atoms with van der Waals surface area (Å²) in [5.41, 5.74) is 5.49. The smallest absolute Gasteiger partial charge is 0.221 e. The molecule has 2 atom stereocenters. The first-order valence-electron chi connectivity index (χ1n) is 7.63. The molecule has 20 heavy (non-hydrogen) atoms. The molecule has 0 unspecified atom stereocenters. The van der Waals surface area contributed by atoms with E-state index >= 15 is 0 Å². The van der Waals surface area contributed by atoms with Crippen LogP contribution in [0.2, 0.25) is 0 Å². The number of likely N-dealkylation sites (N-methyl/N-ethyl adjacent to an activating group) is 1. The molecule has 0 spiro atoms. The second-order valence-electron chi connectivity index (χ2n) is 5.16. The van der Waals surface area contributed by atoms with Gasteiger partial charge in [-0.05, 0) is 59.9 Å². The number of amides is 1.